The van der Waals surface area contributed by atoms with Gasteiger partial charge in [-0.05, 0) is 74.9 Å². The van der Waals surface area contributed by atoms with Crippen molar-refractivity contribution < 1.29 is 5.11 Å². The zero-order valence-electron chi connectivity index (χ0n) is 11.0. The Labute approximate surface area is 115 Å². The quantitative estimate of drug-likeness (QED) is 0.537. The van der Waals surface area contributed by atoms with Crippen LogP contribution in [0.3, 0.4) is 0 Å². The van der Waals surface area contributed by atoms with Gasteiger partial charge in [0.2, 0.25) is 0 Å². The summed E-state index contributed by atoms with van der Waals surface area (Å²) >= 11 is 5.40. The Morgan fingerprint density at radius 2 is 1.67 bits per heavy atom. The average molecular weight is 268 g/mol. The molecule has 0 spiro atoms. The van der Waals surface area contributed by atoms with Crippen LogP contribution in [0.2, 0.25) is 0 Å². The lowest BCUT2D eigenvalue weighted by Crippen LogP contribution is -2.61. The number of aliphatic hydroxyl groups is 1. The molecule has 0 aromatic heterocycles. The smallest absolute Gasteiger partial charge is 0.166 e. The lowest BCUT2D eigenvalue weighted by Gasteiger charge is -2.57. The predicted molar refractivity (Wildman–Crippen MR) is 76.3 cm³/mol. The second kappa shape index (κ2) is 4.97. The van der Waals surface area contributed by atoms with Gasteiger partial charge >= 0.3 is 0 Å². The molecule has 0 atom stereocenters. The Morgan fingerprint density at radius 1 is 1.11 bits per heavy atom. The molecule has 102 valence electrons. The van der Waals surface area contributed by atoms with Crippen molar-refractivity contribution in [2.24, 2.45) is 17.8 Å². The molecule has 0 aromatic rings. The highest BCUT2D eigenvalue weighted by Crippen LogP contribution is 2.55. The number of aliphatic hydroxyl groups excluding tert-OH is 1. The van der Waals surface area contributed by atoms with Crippen LogP contribution in [0.1, 0.15) is 44.9 Å². The largest absolute Gasteiger partial charge is 0.396 e. The second-order valence-corrected chi connectivity index (χ2v) is 7.06. The Bertz CT molecular complexity index is 296. The van der Waals surface area contributed by atoms with Crippen molar-refractivity contribution in [2.45, 2.75) is 50.5 Å². The highest BCUT2D eigenvalue weighted by atomic mass is 32.1. The minimum Gasteiger partial charge on any atom is -0.396 e. The van der Waals surface area contributed by atoms with Crippen molar-refractivity contribution in [1.29, 1.82) is 0 Å². The van der Waals surface area contributed by atoms with Crippen LogP contribution < -0.4 is 10.6 Å². The molecule has 0 radical (unpaired) electrons. The van der Waals surface area contributed by atoms with Gasteiger partial charge in [-0.2, -0.15) is 0 Å². The van der Waals surface area contributed by atoms with Crippen molar-refractivity contribution in [3.63, 3.8) is 0 Å². The lowest BCUT2D eigenvalue weighted by molar-refractivity contribution is -0.0101. The molecule has 4 saturated carbocycles. The monoisotopic (exact) mass is 268 g/mol. The molecule has 0 saturated heterocycles. The maximum absolute atomic E-state index is 8.78. The minimum atomic E-state index is 0.229. The van der Waals surface area contributed by atoms with Crippen molar-refractivity contribution in [2.75, 3.05) is 13.2 Å². The Balaban J connectivity index is 1.57. The van der Waals surface area contributed by atoms with Gasteiger partial charge in [-0.15, -0.1) is 0 Å². The van der Waals surface area contributed by atoms with E-state index in [0.717, 1.165) is 35.8 Å². The molecule has 4 heteroatoms. The Hall–Kier alpha value is -0.350. The molecule has 0 unspecified atom stereocenters. The van der Waals surface area contributed by atoms with Gasteiger partial charge < -0.3 is 15.7 Å². The molecule has 0 heterocycles. The van der Waals surface area contributed by atoms with E-state index in [1.54, 1.807) is 0 Å². The molecule has 4 aliphatic rings. The molecule has 18 heavy (non-hydrogen) atoms. The van der Waals surface area contributed by atoms with Gasteiger partial charge in [-0.25, -0.2) is 0 Å². The van der Waals surface area contributed by atoms with Gasteiger partial charge in [0.25, 0.3) is 0 Å². The third-order valence-corrected chi connectivity index (χ3v) is 5.28. The van der Waals surface area contributed by atoms with E-state index < -0.39 is 0 Å². The summed E-state index contributed by atoms with van der Waals surface area (Å²) in [6, 6.07) is 0. The second-order valence-electron chi connectivity index (χ2n) is 6.66. The third kappa shape index (κ3) is 2.50. The molecule has 3 N–H and O–H groups in total. The van der Waals surface area contributed by atoms with Gasteiger partial charge in [0.1, 0.15) is 0 Å². The average Bonchev–Trinajstić information content (AvgIpc) is 2.26. The number of rotatable bonds is 4. The van der Waals surface area contributed by atoms with Crippen LogP contribution in [-0.2, 0) is 0 Å². The SMILES string of the molecule is OCCCNC(=S)NC12CC3CC(CC(C3)C1)C2. The summed E-state index contributed by atoms with van der Waals surface area (Å²) in [5.41, 5.74) is 0.304. The first-order valence-electron chi connectivity index (χ1n) is 7.36. The summed E-state index contributed by atoms with van der Waals surface area (Å²) in [5.74, 6) is 2.84. The molecule has 4 fully saturated rings. The molecular weight excluding hydrogens is 244 g/mol. The maximum Gasteiger partial charge on any atom is 0.166 e. The van der Waals surface area contributed by atoms with Gasteiger partial charge in [0, 0.05) is 18.7 Å². The fourth-order valence-electron chi connectivity index (χ4n) is 4.83. The first-order valence-corrected chi connectivity index (χ1v) is 7.77. The molecule has 0 amide bonds. The zero-order chi connectivity index (χ0) is 12.6. The van der Waals surface area contributed by atoms with Crippen LogP contribution >= 0.6 is 12.2 Å². The van der Waals surface area contributed by atoms with E-state index in [1.807, 2.05) is 0 Å². The standard InChI is InChI=1S/C14H24N2OS/c17-3-1-2-15-13(18)16-14-7-10-4-11(8-14)6-12(5-10)9-14/h10-12,17H,1-9H2,(H2,15,16,18). The van der Waals surface area contributed by atoms with E-state index in [1.165, 1.54) is 38.5 Å². The van der Waals surface area contributed by atoms with Crippen LogP contribution in [0.15, 0.2) is 0 Å². The van der Waals surface area contributed by atoms with Crippen LogP contribution in [0.4, 0.5) is 0 Å². The molecule has 0 aliphatic heterocycles. The summed E-state index contributed by atoms with van der Waals surface area (Å²) < 4.78 is 0. The van der Waals surface area contributed by atoms with E-state index >= 15 is 0 Å². The molecule has 4 rings (SSSR count). The van der Waals surface area contributed by atoms with Crippen molar-refractivity contribution in [3.05, 3.63) is 0 Å². The summed E-state index contributed by atoms with van der Waals surface area (Å²) in [4.78, 5) is 0. The topological polar surface area (TPSA) is 44.3 Å². The highest BCUT2D eigenvalue weighted by molar-refractivity contribution is 7.80. The van der Waals surface area contributed by atoms with E-state index in [2.05, 4.69) is 10.6 Å². The molecular formula is C14H24N2OS. The van der Waals surface area contributed by atoms with Gasteiger partial charge in [-0.1, -0.05) is 0 Å². The lowest BCUT2D eigenvalue weighted by atomic mass is 9.53. The van der Waals surface area contributed by atoms with Gasteiger partial charge in [-0.3, -0.25) is 0 Å². The first kappa shape index (κ1) is 12.7. The Kier molecular flexibility index (Phi) is 3.50. The van der Waals surface area contributed by atoms with Gasteiger partial charge in [0.15, 0.2) is 5.11 Å². The van der Waals surface area contributed by atoms with E-state index in [4.69, 9.17) is 17.3 Å². The fraction of sp³-hybridized carbons (Fsp3) is 0.929. The van der Waals surface area contributed by atoms with Crippen molar-refractivity contribution >= 4 is 17.3 Å². The summed E-state index contributed by atoms with van der Waals surface area (Å²) in [6.45, 7) is 1.00. The molecule has 0 aromatic carbocycles. The number of hydrogen-bond acceptors (Lipinski definition) is 2. The maximum atomic E-state index is 8.78. The third-order valence-electron chi connectivity index (χ3n) is 5.04. The first-order chi connectivity index (χ1) is 8.69. The van der Waals surface area contributed by atoms with Crippen LogP contribution in [0.5, 0.6) is 0 Å². The van der Waals surface area contributed by atoms with Crippen molar-refractivity contribution in [1.82, 2.24) is 10.6 Å². The summed E-state index contributed by atoms with van der Waals surface area (Å²) in [7, 11) is 0. The number of hydrogen-bond donors (Lipinski definition) is 3. The summed E-state index contributed by atoms with van der Waals surface area (Å²) in [5, 5.41) is 16.4. The predicted octanol–water partition coefficient (Wildman–Crippen LogP) is 1.80. The number of nitrogens with one attached hydrogen (secondary N) is 2. The Morgan fingerprint density at radius 3 is 2.17 bits per heavy atom. The van der Waals surface area contributed by atoms with Crippen LogP contribution in [-0.4, -0.2) is 28.9 Å². The van der Waals surface area contributed by atoms with Crippen molar-refractivity contribution in [3.8, 4) is 0 Å². The van der Waals surface area contributed by atoms with E-state index in [9.17, 15) is 0 Å². The van der Waals surface area contributed by atoms with E-state index in [0.29, 0.717) is 5.54 Å². The van der Waals surface area contributed by atoms with Crippen LogP contribution in [0, 0.1) is 17.8 Å². The normalized spacial score (nSPS) is 40.8. The fourth-order valence-corrected chi connectivity index (χ4v) is 5.15. The highest BCUT2D eigenvalue weighted by Gasteiger charge is 2.51. The number of thiocarbonyl (C=S) groups is 1. The zero-order valence-corrected chi connectivity index (χ0v) is 11.8. The molecule has 4 bridgehead atoms. The van der Waals surface area contributed by atoms with E-state index in [-0.39, 0.29) is 6.61 Å². The van der Waals surface area contributed by atoms with Crippen LogP contribution in [0.25, 0.3) is 0 Å². The molecule has 3 nitrogen and oxygen atoms in total. The molecule has 4 aliphatic carbocycles. The van der Waals surface area contributed by atoms with Gasteiger partial charge in [0.05, 0.1) is 0 Å². The minimum absolute atomic E-state index is 0.229. The summed E-state index contributed by atoms with van der Waals surface area (Å²) in [6.07, 6.45) is 9.12.